The van der Waals surface area contributed by atoms with Crippen molar-refractivity contribution in [2.24, 2.45) is 12.8 Å². The predicted molar refractivity (Wildman–Crippen MR) is 137 cm³/mol. The molecule has 170 valence electrons. The lowest BCUT2D eigenvalue weighted by molar-refractivity contribution is 0.400. The first-order chi connectivity index (χ1) is 16.4. The van der Waals surface area contributed by atoms with Crippen LogP contribution in [0.3, 0.4) is 0 Å². The van der Waals surface area contributed by atoms with Crippen LogP contribution >= 0.6 is 11.6 Å². The monoisotopic (exact) mass is 468 g/mol. The van der Waals surface area contributed by atoms with Crippen LogP contribution in [0.2, 0.25) is 5.02 Å². The summed E-state index contributed by atoms with van der Waals surface area (Å²) in [6.45, 7) is 2.09. The zero-order valence-corrected chi connectivity index (χ0v) is 20.0. The van der Waals surface area contributed by atoms with Crippen molar-refractivity contribution in [3.63, 3.8) is 0 Å². The summed E-state index contributed by atoms with van der Waals surface area (Å²) in [7, 11) is 3.59. The second-order valence-electron chi connectivity index (χ2n) is 8.52. The van der Waals surface area contributed by atoms with Gasteiger partial charge in [0.2, 0.25) is 5.88 Å². The Hall–Kier alpha value is -3.67. The fourth-order valence-electron chi connectivity index (χ4n) is 4.52. The van der Waals surface area contributed by atoms with Gasteiger partial charge < -0.3 is 15.0 Å². The minimum absolute atomic E-state index is 0.570. The van der Waals surface area contributed by atoms with Crippen LogP contribution in [0.4, 0.5) is 0 Å². The number of hydrogen-bond acceptors (Lipinski definition) is 4. The Labute approximate surface area is 203 Å². The van der Waals surface area contributed by atoms with Crippen molar-refractivity contribution < 1.29 is 4.74 Å². The Morgan fingerprint density at radius 3 is 2.41 bits per heavy atom. The van der Waals surface area contributed by atoms with Crippen LogP contribution in [-0.2, 0) is 12.6 Å². The summed E-state index contributed by atoms with van der Waals surface area (Å²) in [5, 5.41) is 1.66. The van der Waals surface area contributed by atoms with Crippen LogP contribution in [0.5, 0.6) is 5.88 Å². The molecule has 0 aliphatic carbocycles. The first-order valence-corrected chi connectivity index (χ1v) is 11.4. The molecule has 2 heterocycles. The highest BCUT2D eigenvalue weighted by Crippen LogP contribution is 2.38. The van der Waals surface area contributed by atoms with Gasteiger partial charge in [0, 0.05) is 23.5 Å². The Balaban J connectivity index is 1.80. The van der Waals surface area contributed by atoms with E-state index in [2.05, 4.69) is 42.2 Å². The Morgan fingerprint density at radius 2 is 1.74 bits per heavy atom. The quantitative estimate of drug-likeness (QED) is 0.351. The molecule has 0 radical (unpaired) electrons. The van der Waals surface area contributed by atoms with E-state index in [9.17, 15) is 0 Å². The van der Waals surface area contributed by atoms with Crippen molar-refractivity contribution in [2.75, 3.05) is 7.11 Å². The standard InChI is InChI=1S/C28H25ClN4O/c1-18-5-4-6-19(13-18)23-15-27(34-3)32-25-12-9-21(14-24(23)25)28(30,26-16-31-17-33(26)2)20-7-10-22(29)11-8-20/h4-17H,30H2,1-3H3. The molecule has 0 aliphatic rings. The maximum atomic E-state index is 7.27. The predicted octanol–water partition coefficient (Wildman–Crippen LogP) is 5.86. The molecule has 0 aliphatic heterocycles. The highest BCUT2D eigenvalue weighted by molar-refractivity contribution is 6.30. The number of rotatable bonds is 5. The van der Waals surface area contributed by atoms with Crippen LogP contribution in [0, 0.1) is 6.92 Å². The van der Waals surface area contributed by atoms with Crippen molar-refractivity contribution in [3.8, 4) is 17.0 Å². The number of aromatic nitrogens is 3. The van der Waals surface area contributed by atoms with E-state index in [0.717, 1.165) is 38.9 Å². The maximum Gasteiger partial charge on any atom is 0.214 e. The molecule has 0 amide bonds. The van der Waals surface area contributed by atoms with Crippen LogP contribution in [0.25, 0.3) is 22.0 Å². The van der Waals surface area contributed by atoms with Gasteiger partial charge in [-0.1, -0.05) is 59.6 Å². The number of fused-ring (bicyclic) bond motifs is 1. The summed E-state index contributed by atoms with van der Waals surface area (Å²) >= 11 is 6.19. The third-order valence-corrected chi connectivity index (χ3v) is 6.55. The number of ether oxygens (including phenoxy) is 1. The van der Waals surface area contributed by atoms with Crippen LogP contribution < -0.4 is 10.5 Å². The average Bonchev–Trinajstić information content (AvgIpc) is 3.29. The van der Waals surface area contributed by atoms with Gasteiger partial charge in [0.25, 0.3) is 0 Å². The van der Waals surface area contributed by atoms with Gasteiger partial charge in [-0.2, -0.15) is 0 Å². The van der Waals surface area contributed by atoms with Gasteiger partial charge in [0.1, 0.15) is 5.54 Å². The summed E-state index contributed by atoms with van der Waals surface area (Å²) in [6, 6.07) is 24.2. The van der Waals surface area contributed by atoms with Crippen molar-refractivity contribution >= 4 is 22.5 Å². The Morgan fingerprint density at radius 1 is 0.971 bits per heavy atom. The normalized spacial score (nSPS) is 13.1. The number of methoxy groups -OCH3 is 1. The lowest BCUT2D eigenvalue weighted by Gasteiger charge is -2.31. The number of imidazole rings is 1. The SMILES string of the molecule is COc1cc(-c2cccc(C)c2)c2cc(C(N)(c3ccc(Cl)cc3)c3cncn3C)ccc2n1. The van der Waals surface area contributed by atoms with Gasteiger partial charge in [0.05, 0.1) is 30.8 Å². The number of nitrogens with two attached hydrogens (primary N) is 1. The number of halogens is 1. The zero-order chi connectivity index (χ0) is 23.9. The summed E-state index contributed by atoms with van der Waals surface area (Å²) < 4.78 is 7.46. The fourth-order valence-corrected chi connectivity index (χ4v) is 4.64. The van der Waals surface area contributed by atoms with Gasteiger partial charge in [-0.25, -0.2) is 9.97 Å². The third-order valence-electron chi connectivity index (χ3n) is 6.30. The molecule has 5 rings (SSSR count). The van der Waals surface area contributed by atoms with Crippen molar-refractivity contribution in [1.82, 2.24) is 14.5 Å². The number of hydrogen-bond donors (Lipinski definition) is 1. The average molecular weight is 469 g/mol. The van der Waals surface area contributed by atoms with E-state index in [1.165, 1.54) is 5.56 Å². The molecule has 2 N–H and O–H groups in total. The molecule has 0 bridgehead atoms. The van der Waals surface area contributed by atoms with E-state index >= 15 is 0 Å². The van der Waals surface area contributed by atoms with Crippen molar-refractivity contribution in [1.29, 1.82) is 0 Å². The lowest BCUT2D eigenvalue weighted by Crippen LogP contribution is -2.40. The molecular formula is C28H25ClN4O. The molecule has 0 spiro atoms. The van der Waals surface area contributed by atoms with Gasteiger partial charge in [0.15, 0.2) is 0 Å². The van der Waals surface area contributed by atoms with Crippen LogP contribution in [0.15, 0.2) is 85.3 Å². The van der Waals surface area contributed by atoms with Crippen molar-refractivity contribution in [3.05, 3.63) is 113 Å². The summed E-state index contributed by atoms with van der Waals surface area (Å²) in [5.41, 5.74) is 13.2. The van der Waals surface area contributed by atoms with E-state index in [0.29, 0.717) is 10.9 Å². The molecule has 2 aromatic heterocycles. The van der Waals surface area contributed by atoms with E-state index in [1.54, 1.807) is 13.4 Å². The minimum Gasteiger partial charge on any atom is -0.481 e. The van der Waals surface area contributed by atoms with E-state index < -0.39 is 5.54 Å². The molecule has 0 fully saturated rings. The number of aryl methyl sites for hydroxylation is 2. The van der Waals surface area contributed by atoms with E-state index in [-0.39, 0.29) is 0 Å². The molecule has 0 saturated heterocycles. The Bertz CT molecular complexity index is 1490. The molecule has 0 saturated carbocycles. The number of benzene rings is 3. The van der Waals surface area contributed by atoms with Gasteiger partial charge in [-0.05, 0) is 53.4 Å². The number of pyridine rings is 1. The molecule has 1 unspecified atom stereocenters. The van der Waals surface area contributed by atoms with Crippen LogP contribution in [-0.4, -0.2) is 21.6 Å². The van der Waals surface area contributed by atoms with Gasteiger partial charge in [-0.15, -0.1) is 0 Å². The van der Waals surface area contributed by atoms with E-state index in [1.807, 2.05) is 60.3 Å². The lowest BCUT2D eigenvalue weighted by atomic mass is 9.80. The molecule has 5 aromatic rings. The maximum absolute atomic E-state index is 7.27. The summed E-state index contributed by atoms with van der Waals surface area (Å²) in [4.78, 5) is 9.04. The third kappa shape index (κ3) is 3.73. The topological polar surface area (TPSA) is 66.0 Å². The zero-order valence-electron chi connectivity index (χ0n) is 19.3. The molecule has 1 atom stereocenters. The second-order valence-corrected chi connectivity index (χ2v) is 8.95. The summed E-state index contributed by atoms with van der Waals surface area (Å²) in [6.07, 6.45) is 3.57. The van der Waals surface area contributed by atoms with E-state index in [4.69, 9.17) is 27.1 Å². The number of nitrogens with zero attached hydrogens (tertiary/aromatic N) is 3. The van der Waals surface area contributed by atoms with Crippen molar-refractivity contribution in [2.45, 2.75) is 12.5 Å². The molecule has 3 aromatic carbocycles. The largest absolute Gasteiger partial charge is 0.481 e. The highest BCUT2D eigenvalue weighted by atomic mass is 35.5. The first-order valence-electron chi connectivity index (χ1n) is 11.0. The smallest absolute Gasteiger partial charge is 0.214 e. The molecule has 5 nitrogen and oxygen atoms in total. The Kier molecular flexibility index (Phi) is 5.60. The fraction of sp³-hybridized carbons (Fsp3) is 0.143. The minimum atomic E-state index is -0.951. The summed E-state index contributed by atoms with van der Waals surface area (Å²) in [5.74, 6) is 0.570. The molecule has 6 heteroatoms. The second kappa shape index (κ2) is 8.60. The van der Waals surface area contributed by atoms with Gasteiger partial charge in [-0.3, -0.25) is 0 Å². The molecular weight excluding hydrogens is 444 g/mol. The first kappa shape index (κ1) is 22.1. The molecule has 34 heavy (non-hydrogen) atoms. The van der Waals surface area contributed by atoms with Gasteiger partial charge >= 0.3 is 0 Å². The van der Waals surface area contributed by atoms with Crippen LogP contribution in [0.1, 0.15) is 22.4 Å². The highest BCUT2D eigenvalue weighted by Gasteiger charge is 2.35.